The number of allylic oxidation sites excluding steroid dienone is 2. The summed E-state index contributed by atoms with van der Waals surface area (Å²) in [5, 5.41) is 18.4. The fourth-order valence-electron chi connectivity index (χ4n) is 4.70. The van der Waals surface area contributed by atoms with Crippen LogP contribution in [-0.2, 0) is 30.6 Å². The Morgan fingerprint density at radius 3 is 1.65 bits per heavy atom. The zero-order valence-electron chi connectivity index (χ0n) is 14.1. The van der Waals surface area contributed by atoms with Crippen LogP contribution >= 0.6 is 0 Å². The lowest BCUT2D eigenvalue weighted by Gasteiger charge is -2.60. The first kappa shape index (κ1) is 17.0. The van der Waals surface area contributed by atoms with E-state index in [0.29, 0.717) is 0 Å². The zero-order valence-corrected chi connectivity index (χ0v) is 14.1. The number of aliphatic carboxylic acids is 2. The van der Waals surface area contributed by atoms with Gasteiger partial charge in [0.25, 0.3) is 0 Å². The Morgan fingerprint density at radius 1 is 0.846 bits per heavy atom. The Kier molecular flexibility index (Phi) is 3.97. The van der Waals surface area contributed by atoms with Gasteiger partial charge in [-0.2, -0.15) is 0 Å². The number of benzene rings is 1. The average Bonchev–Trinajstić information content (AvgIpc) is 2.66. The molecule has 0 aromatic heterocycles. The average molecular weight is 356 g/mol. The molecule has 2 aliphatic carbocycles. The molecule has 4 atom stereocenters. The highest BCUT2D eigenvalue weighted by molar-refractivity contribution is 5.67. The van der Waals surface area contributed by atoms with E-state index < -0.39 is 23.1 Å². The van der Waals surface area contributed by atoms with Crippen LogP contribution in [0.4, 0.5) is 0 Å². The van der Waals surface area contributed by atoms with Crippen LogP contribution in [0, 0.1) is 11.8 Å². The van der Waals surface area contributed by atoms with E-state index in [1.807, 2.05) is 48.6 Å². The van der Waals surface area contributed by atoms with E-state index in [4.69, 9.17) is 9.78 Å². The number of carboxylic acid groups (broad SMARTS) is 2. The minimum Gasteiger partial charge on any atom is -0.481 e. The first-order valence-corrected chi connectivity index (χ1v) is 8.75. The van der Waals surface area contributed by atoms with Crippen molar-refractivity contribution in [2.75, 3.05) is 0 Å². The van der Waals surface area contributed by atoms with Gasteiger partial charge < -0.3 is 10.2 Å². The normalized spacial score (nSPS) is 33.5. The predicted octanol–water partition coefficient (Wildman–Crippen LogP) is 3.14. The van der Waals surface area contributed by atoms with E-state index in [9.17, 15) is 19.8 Å². The van der Waals surface area contributed by atoms with Crippen molar-refractivity contribution >= 4 is 11.9 Å². The Hall–Kier alpha value is -2.44. The summed E-state index contributed by atoms with van der Waals surface area (Å²) in [5.41, 5.74) is 0.0378. The molecule has 1 saturated heterocycles. The Labute approximate surface area is 150 Å². The first-order chi connectivity index (χ1) is 12.5. The number of rotatable bonds is 6. The summed E-state index contributed by atoms with van der Waals surface area (Å²) < 4.78 is 0. The SMILES string of the molecule is O=C(O)CCC12OOC(CCC(=O)O)(c3ccccc31)C1C=CC=CC12. The highest BCUT2D eigenvalue weighted by Gasteiger charge is 2.64. The van der Waals surface area contributed by atoms with Gasteiger partial charge in [-0.3, -0.25) is 9.59 Å². The summed E-state index contributed by atoms with van der Waals surface area (Å²) in [4.78, 5) is 34.3. The minimum absolute atomic E-state index is 0.0411. The number of carboxylic acids is 2. The lowest BCUT2D eigenvalue weighted by molar-refractivity contribution is -0.487. The monoisotopic (exact) mass is 356 g/mol. The maximum absolute atomic E-state index is 11.2. The molecule has 5 rings (SSSR count). The van der Waals surface area contributed by atoms with Crippen molar-refractivity contribution in [1.29, 1.82) is 0 Å². The summed E-state index contributed by atoms with van der Waals surface area (Å²) in [6, 6.07) is 7.68. The van der Waals surface area contributed by atoms with Crippen LogP contribution in [0.2, 0.25) is 0 Å². The Bertz CT molecular complexity index is 745. The van der Waals surface area contributed by atoms with Crippen molar-refractivity contribution in [3.8, 4) is 0 Å². The third kappa shape index (κ3) is 2.33. The van der Waals surface area contributed by atoms with Gasteiger partial charge in [-0.15, -0.1) is 0 Å². The third-order valence-corrected chi connectivity index (χ3v) is 5.81. The molecule has 1 aromatic carbocycles. The zero-order chi connectivity index (χ0) is 18.4. The molecule has 2 N–H and O–H groups in total. The summed E-state index contributed by atoms with van der Waals surface area (Å²) in [6.07, 6.45) is 8.41. The van der Waals surface area contributed by atoms with Crippen LogP contribution in [0.3, 0.4) is 0 Å². The molecule has 1 aromatic rings. The smallest absolute Gasteiger partial charge is 0.303 e. The van der Waals surface area contributed by atoms with Gasteiger partial charge in [0.1, 0.15) is 11.2 Å². The molecule has 4 aliphatic rings. The van der Waals surface area contributed by atoms with E-state index in [2.05, 4.69) is 0 Å². The van der Waals surface area contributed by atoms with Crippen molar-refractivity contribution in [3.05, 3.63) is 59.7 Å². The Balaban J connectivity index is 1.87. The van der Waals surface area contributed by atoms with Crippen LogP contribution in [0.25, 0.3) is 0 Å². The second-order valence-electron chi connectivity index (χ2n) is 7.10. The van der Waals surface area contributed by atoms with E-state index in [1.54, 1.807) is 0 Å². The van der Waals surface area contributed by atoms with Crippen molar-refractivity contribution in [2.45, 2.75) is 36.9 Å². The fourth-order valence-corrected chi connectivity index (χ4v) is 4.70. The molecule has 0 radical (unpaired) electrons. The van der Waals surface area contributed by atoms with Crippen LogP contribution in [0.5, 0.6) is 0 Å². The number of hydrogen-bond acceptors (Lipinski definition) is 4. The predicted molar refractivity (Wildman–Crippen MR) is 91.0 cm³/mol. The molecule has 26 heavy (non-hydrogen) atoms. The van der Waals surface area contributed by atoms with Crippen molar-refractivity contribution in [2.24, 2.45) is 11.8 Å². The van der Waals surface area contributed by atoms with E-state index >= 15 is 0 Å². The molecule has 2 heterocycles. The number of fused-ring (bicyclic) bond motifs is 1. The van der Waals surface area contributed by atoms with Gasteiger partial charge in [0.2, 0.25) is 0 Å². The second kappa shape index (κ2) is 6.07. The summed E-state index contributed by atoms with van der Waals surface area (Å²) in [7, 11) is 0. The molecule has 0 saturated carbocycles. The summed E-state index contributed by atoms with van der Waals surface area (Å²) in [5.74, 6) is -1.99. The first-order valence-electron chi connectivity index (χ1n) is 8.75. The van der Waals surface area contributed by atoms with Crippen LogP contribution < -0.4 is 0 Å². The van der Waals surface area contributed by atoms with Crippen LogP contribution in [0.15, 0.2) is 48.6 Å². The van der Waals surface area contributed by atoms with Crippen molar-refractivity contribution in [1.82, 2.24) is 0 Å². The van der Waals surface area contributed by atoms with Gasteiger partial charge in [0.15, 0.2) is 0 Å². The molecule has 136 valence electrons. The topological polar surface area (TPSA) is 93.1 Å². The van der Waals surface area contributed by atoms with Gasteiger partial charge >= 0.3 is 11.9 Å². The molecule has 0 amide bonds. The molecule has 0 spiro atoms. The molecular weight excluding hydrogens is 336 g/mol. The minimum atomic E-state index is -0.888. The fraction of sp³-hybridized carbons (Fsp3) is 0.400. The molecule has 2 bridgehead atoms. The van der Waals surface area contributed by atoms with Crippen molar-refractivity contribution in [3.63, 3.8) is 0 Å². The lowest BCUT2D eigenvalue weighted by Crippen LogP contribution is -2.61. The lowest BCUT2D eigenvalue weighted by atomic mass is 9.55. The molecule has 2 aliphatic heterocycles. The van der Waals surface area contributed by atoms with Gasteiger partial charge in [-0.25, -0.2) is 9.78 Å². The van der Waals surface area contributed by atoms with E-state index in [0.717, 1.165) is 11.1 Å². The summed E-state index contributed by atoms with van der Waals surface area (Å²) in [6.45, 7) is 0. The highest BCUT2D eigenvalue weighted by atomic mass is 17.2. The van der Waals surface area contributed by atoms with E-state index in [1.165, 1.54) is 0 Å². The second-order valence-corrected chi connectivity index (χ2v) is 7.10. The van der Waals surface area contributed by atoms with Crippen LogP contribution in [0.1, 0.15) is 36.8 Å². The standard InChI is InChI=1S/C20H20O6/c21-17(22)9-11-19-13-5-1-2-6-14(13)20(26-25-19,12-10-18(23)24)16-8-4-3-7-15(16)19/h1-8,13-14H,9-12H2,(H,21,22)(H,23,24). The van der Waals surface area contributed by atoms with Gasteiger partial charge in [0, 0.05) is 24.7 Å². The van der Waals surface area contributed by atoms with Crippen LogP contribution in [-0.4, -0.2) is 22.2 Å². The molecule has 6 nitrogen and oxygen atoms in total. The third-order valence-electron chi connectivity index (χ3n) is 5.81. The molecule has 6 heteroatoms. The maximum Gasteiger partial charge on any atom is 0.303 e. The molecule has 4 unspecified atom stereocenters. The van der Waals surface area contributed by atoms with Gasteiger partial charge in [-0.05, 0) is 24.0 Å². The van der Waals surface area contributed by atoms with Gasteiger partial charge in [0.05, 0.1) is 0 Å². The summed E-state index contributed by atoms with van der Waals surface area (Å²) >= 11 is 0. The largest absolute Gasteiger partial charge is 0.481 e. The highest BCUT2D eigenvalue weighted by Crippen LogP contribution is 2.63. The van der Waals surface area contributed by atoms with E-state index in [-0.39, 0.29) is 37.5 Å². The molecule has 1 fully saturated rings. The number of carbonyl (C=O) groups is 2. The van der Waals surface area contributed by atoms with Gasteiger partial charge in [-0.1, -0.05) is 48.6 Å². The Morgan fingerprint density at radius 2 is 1.27 bits per heavy atom. The van der Waals surface area contributed by atoms with Crippen molar-refractivity contribution < 1.29 is 29.6 Å². The quantitative estimate of drug-likeness (QED) is 0.761. The molecular formula is C20H20O6. The number of hydrogen-bond donors (Lipinski definition) is 2. The maximum atomic E-state index is 11.2.